The van der Waals surface area contributed by atoms with Gasteiger partial charge in [0.25, 0.3) is 9.05 Å². The minimum absolute atomic E-state index is 0.0483. The number of carbonyl (C=O) groups is 1. The fraction of sp³-hybridized carbons (Fsp3) is 0.389. The first-order valence-corrected chi connectivity index (χ1v) is 10.8. The maximum Gasteiger partial charge on any atom is 0.322 e. The molecule has 7 heteroatoms. The molecule has 134 valence electrons. The van der Waals surface area contributed by atoms with Crippen molar-refractivity contribution in [3.05, 3.63) is 36.4 Å². The monoisotopic (exact) mass is 380 g/mol. The van der Waals surface area contributed by atoms with E-state index in [1.54, 1.807) is 30.3 Å². The Morgan fingerprint density at radius 3 is 2.64 bits per heavy atom. The SMILES string of the molecule is CCC1CCCCN1C(=O)Nc1cccc2c(S(=O)(=O)Cl)cccc12. The number of amides is 2. The van der Waals surface area contributed by atoms with Crippen LogP contribution in [0.4, 0.5) is 10.5 Å². The van der Waals surface area contributed by atoms with Crippen LogP contribution in [0.2, 0.25) is 0 Å². The van der Waals surface area contributed by atoms with Gasteiger partial charge in [0.2, 0.25) is 0 Å². The molecule has 0 bridgehead atoms. The Morgan fingerprint density at radius 1 is 1.20 bits per heavy atom. The van der Waals surface area contributed by atoms with Crippen LogP contribution in [0.5, 0.6) is 0 Å². The van der Waals surface area contributed by atoms with Crippen molar-refractivity contribution in [2.75, 3.05) is 11.9 Å². The van der Waals surface area contributed by atoms with E-state index in [1.165, 1.54) is 6.07 Å². The third-order valence-corrected chi connectivity index (χ3v) is 6.13. The smallest absolute Gasteiger partial charge is 0.322 e. The van der Waals surface area contributed by atoms with Crippen molar-refractivity contribution in [1.82, 2.24) is 4.90 Å². The van der Waals surface area contributed by atoms with E-state index in [0.29, 0.717) is 16.5 Å². The van der Waals surface area contributed by atoms with E-state index < -0.39 is 9.05 Å². The zero-order chi connectivity index (χ0) is 18.0. The number of piperidine rings is 1. The third kappa shape index (κ3) is 3.75. The summed E-state index contributed by atoms with van der Waals surface area (Å²) in [7, 11) is 1.67. The van der Waals surface area contributed by atoms with Crippen LogP contribution in [-0.4, -0.2) is 31.9 Å². The molecule has 5 nitrogen and oxygen atoms in total. The predicted molar refractivity (Wildman–Crippen MR) is 101 cm³/mol. The van der Waals surface area contributed by atoms with Gasteiger partial charge in [0.05, 0.1) is 10.6 Å². The highest BCUT2D eigenvalue weighted by molar-refractivity contribution is 8.14. The van der Waals surface area contributed by atoms with Crippen molar-refractivity contribution < 1.29 is 13.2 Å². The van der Waals surface area contributed by atoms with Gasteiger partial charge in [-0.1, -0.05) is 31.2 Å². The zero-order valence-electron chi connectivity index (χ0n) is 14.0. The minimum Gasteiger partial charge on any atom is -0.322 e. The van der Waals surface area contributed by atoms with Crippen LogP contribution >= 0.6 is 10.7 Å². The summed E-state index contributed by atoms with van der Waals surface area (Å²) >= 11 is 0. The molecule has 1 fully saturated rings. The highest BCUT2D eigenvalue weighted by Crippen LogP contribution is 2.31. The van der Waals surface area contributed by atoms with Crippen LogP contribution in [0.15, 0.2) is 41.3 Å². The lowest BCUT2D eigenvalue weighted by Crippen LogP contribution is -2.45. The Kier molecular flexibility index (Phi) is 5.20. The molecule has 1 unspecified atom stereocenters. The molecule has 0 saturated carbocycles. The number of likely N-dealkylation sites (tertiary alicyclic amines) is 1. The quantitative estimate of drug-likeness (QED) is 0.793. The second-order valence-corrected chi connectivity index (χ2v) is 8.81. The van der Waals surface area contributed by atoms with Gasteiger partial charge in [-0.3, -0.25) is 0 Å². The molecule has 1 aliphatic rings. The van der Waals surface area contributed by atoms with Gasteiger partial charge in [0.15, 0.2) is 0 Å². The second-order valence-electron chi connectivity index (χ2n) is 6.28. The van der Waals surface area contributed by atoms with E-state index in [4.69, 9.17) is 10.7 Å². The van der Waals surface area contributed by atoms with E-state index in [9.17, 15) is 13.2 Å². The molecule has 25 heavy (non-hydrogen) atoms. The average molecular weight is 381 g/mol. The average Bonchev–Trinajstić information content (AvgIpc) is 2.60. The lowest BCUT2D eigenvalue weighted by molar-refractivity contribution is 0.160. The molecule has 1 saturated heterocycles. The maximum absolute atomic E-state index is 12.7. The fourth-order valence-electron chi connectivity index (χ4n) is 3.48. The van der Waals surface area contributed by atoms with Gasteiger partial charge in [-0.2, -0.15) is 0 Å². The Balaban J connectivity index is 1.95. The summed E-state index contributed by atoms with van der Waals surface area (Å²) in [4.78, 5) is 14.7. The van der Waals surface area contributed by atoms with Gasteiger partial charge >= 0.3 is 6.03 Å². The van der Waals surface area contributed by atoms with Crippen LogP contribution < -0.4 is 5.32 Å². The molecule has 1 aliphatic heterocycles. The van der Waals surface area contributed by atoms with Gasteiger partial charge in [0, 0.05) is 34.0 Å². The van der Waals surface area contributed by atoms with Gasteiger partial charge in [-0.05, 0) is 37.8 Å². The molecule has 1 N–H and O–H groups in total. The third-order valence-electron chi connectivity index (χ3n) is 4.75. The van der Waals surface area contributed by atoms with Gasteiger partial charge < -0.3 is 10.2 Å². The summed E-state index contributed by atoms with van der Waals surface area (Å²) in [5.74, 6) is 0. The normalized spacial score (nSPS) is 18.3. The van der Waals surface area contributed by atoms with Crippen molar-refractivity contribution in [2.45, 2.75) is 43.5 Å². The van der Waals surface area contributed by atoms with E-state index in [2.05, 4.69) is 12.2 Å². The number of fused-ring (bicyclic) bond motifs is 1. The van der Waals surface area contributed by atoms with E-state index in [-0.39, 0.29) is 17.0 Å². The van der Waals surface area contributed by atoms with Gasteiger partial charge in [-0.25, -0.2) is 13.2 Å². The first kappa shape index (κ1) is 18.0. The van der Waals surface area contributed by atoms with Crippen LogP contribution in [0, 0.1) is 0 Å². The standard InChI is InChI=1S/C18H21ClN2O3S/c1-2-13-7-3-4-12-21(13)18(22)20-16-10-5-9-15-14(16)8-6-11-17(15)25(19,23)24/h5-6,8-11,13H,2-4,7,12H2,1H3,(H,20,22). The molecule has 3 rings (SSSR count). The van der Waals surface area contributed by atoms with Crippen LogP contribution in [-0.2, 0) is 9.05 Å². The number of urea groups is 1. The molecule has 0 radical (unpaired) electrons. The first-order valence-electron chi connectivity index (χ1n) is 8.46. The summed E-state index contributed by atoms with van der Waals surface area (Å²) in [6, 6.07) is 10.2. The number of carbonyl (C=O) groups excluding carboxylic acids is 1. The molecule has 2 aromatic rings. The van der Waals surface area contributed by atoms with Gasteiger partial charge in [0.1, 0.15) is 0 Å². The molecule has 2 aromatic carbocycles. The molecular weight excluding hydrogens is 360 g/mol. The number of hydrogen-bond acceptors (Lipinski definition) is 3. The van der Waals surface area contributed by atoms with Crippen LogP contribution in [0.25, 0.3) is 10.8 Å². The van der Waals surface area contributed by atoms with Crippen molar-refractivity contribution in [3.8, 4) is 0 Å². The maximum atomic E-state index is 12.7. The number of benzene rings is 2. The van der Waals surface area contributed by atoms with Crippen molar-refractivity contribution >= 4 is 42.2 Å². The number of hydrogen-bond donors (Lipinski definition) is 1. The lowest BCUT2D eigenvalue weighted by atomic mass is 10.0. The Labute approximate surface area is 152 Å². The Morgan fingerprint density at radius 2 is 1.92 bits per heavy atom. The van der Waals surface area contributed by atoms with E-state index in [1.807, 2.05) is 4.90 Å². The molecule has 1 atom stereocenters. The Hall–Kier alpha value is -1.79. The molecule has 0 aliphatic carbocycles. The fourth-order valence-corrected chi connectivity index (χ4v) is 4.57. The van der Waals surface area contributed by atoms with Crippen molar-refractivity contribution in [3.63, 3.8) is 0 Å². The number of halogens is 1. The molecule has 0 aromatic heterocycles. The van der Waals surface area contributed by atoms with Crippen molar-refractivity contribution in [2.24, 2.45) is 0 Å². The number of anilines is 1. The summed E-state index contributed by atoms with van der Waals surface area (Å²) < 4.78 is 23.6. The van der Waals surface area contributed by atoms with Crippen LogP contribution in [0.1, 0.15) is 32.6 Å². The lowest BCUT2D eigenvalue weighted by Gasteiger charge is -2.35. The van der Waals surface area contributed by atoms with E-state index >= 15 is 0 Å². The molecule has 1 heterocycles. The number of rotatable bonds is 3. The summed E-state index contributed by atoms with van der Waals surface area (Å²) in [5.41, 5.74) is 0.588. The van der Waals surface area contributed by atoms with E-state index in [0.717, 1.165) is 32.2 Å². The molecule has 2 amide bonds. The highest BCUT2D eigenvalue weighted by Gasteiger charge is 2.25. The first-order chi connectivity index (χ1) is 11.9. The Bertz CT molecular complexity index is 898. The summed E-state index contributed by atoms with van der Waals surface area (Å²) in [6.07, 6.45) is 4.10. The van der Waals surface area contributed by atoms with Gasteiger partial charge in [-0.15, -0.1) is 0 Å². The molecule has 0 spiro atoms. The number of nitrogens with one attached hydrogen (secondary N) is 1. The van der Waals surface area contributed by atoms with Crippen LogP contribution in [0.3, 0.4) is 0 Å². The minimum atomic E-state index is -3.86. The second kappa shape index (κ2) is 7.22. The predicted octanol–water partition coefficient (Wildman–Crippen LogP) is 4.56. The summed E-state index contributed by atoms with van der Waals surface area (Å²) in [5, 5.41) is 4.10. The topological polar surface area (TPSA) is 66.5 Å². The number of nitrogens with zero attached hydrogens (tertiary/aromatic N) is 1. The van der Waals surface area contributed by atoms with Crippen molar-refractivity contribution in [1.29, 1.82) is 0 Å². The molecular formula is C18H21ClN2O3S. The largest absolute Gasteiger partial charge is 0.322 e. The highest BCUT2D eigenvalue weighted by atomic mass is 35.7. The zero-order valence-corrected chi connectivity index (χ0v) is 15.6. The summed E-state index contributed by atoms with van der Waals surface area (Å²) in [6.45, 7) is 2.84.